The molecule has 70 valence electrons. The molecule has 1 N–H and O–H groups in total. The van der Waals surface area contributed by atoms with Gasteiger partial charge in [0.25, 0.3) is 0 Å². The Kier molecular flexibility index (Phi) is 1.38. The Labute approximate surface area is 76.1 Å². The largest absolute Gasteiger partial charge is 0.324 e. The highest BCUT2D eigenvalue weighted by atomic mass is 16.5. The van der Waals surface area contributed by atoms with Crippen molar-refractivity contribution in [1.82, 2.24) is 15.5 Å². The van der Waals surface area contributed by atoms with Gasteiger partial charge in [0.15, 0.2) is 5.82 Å². The molecule has 13 heavy (non-hydrogen) atoms. The third-order valence-electron chi connectivity index (χ3n) is 2.82. The molecule has 2 aliphatic rings. The van der Waals surface area contributed by atoms with E-state index < -0.39 is 0 Å². The van der Waals surface area contributed by atoms with Gasteiger partial charge in [-0.1, -0.05) is 5.16 Å². The van der Waals surface area contributed by atoms with E-state index in [-0.39, 0.29) is 0 Å². The molecule has 2 saturated heterocycles. The number of hydrogen-bond donors (Lipinski definition) is 1. The lowest BCUT2D eigenvalue weighted by Crippen LogP contribution is -2.43. The minimum absolute atomic E-state index is 0.560. The number of aryl methyl sites for hydroxylation is 1. The maximum atomic E-state index is 5.14. The first-order valence-electron chi connectivity index (χ1n) is 4.63. The Morgan fingerprint density at radius 1 is 1.62 bits per heavy atom. The lowest BCUT2D eigenvalue weighted by Gasteiger charge is -2.24. The molecular weight excluding hydrogens is 168 g/mol. The van der Waals surface area contributed by atoms with E-state index in [0.29, 0.717) is 23.9 Å². The summed E-state index contributed by atoms with van der Waals surface area (Å²) < 4.78 is 5.14. The Bertz CT molecular complexity index is 324. The van der Waals surface area contributed by atoms with E-state index in [4.69, 9.17) is 4.52 Å². The van der Waals surface area contributed by atoms with E-state index in [1.165, 1.54) is 6.42 Å². The average molecular weight is 180 g/mol. The summed E-state index contributed by atoms with van der Waals surface area (Å²) in [4.78, 5) is 6.44. The van der Waals surface area contributed by atoms with E-state index >= 15 is 0 Å². The molecule has 3 rings (SSSR count). The summed E-state index contributed by atoms with van der Waals surface area (Å²) in [5.74, 6) is 0.714. The smallest absolute Gasteiger partial charge is 0.319 e. The van der Waals surface area contributed by atoms with Crippen molar-refractivity contribution in [3.05, 3.63) is 5.82 Å². The van der Waals surface area contributed by atoms with Gasteiger partial charge in [0.1, 0.15) is 0 Å². The standard InChI is InChI=1S/C8H12N4O/c1-5-10-8(13-11-5)12-4-6-2-7(12)3-9-6/h6-7,9H,2-4H2,1H3/t6?,7-/m1/s1. The molecule has 0 saturated carbocycles. The molecule has 2 fully saturated rings. The van der Waals surface area contributed by atoms with Crippen LogP contribution in [-0.2, 0) is 0 Å². The van der Waals surface area contributed by atoms with Crippen molar-refractivity contribution < 1.29 is 4.52 Å². The zero-order valence-corrected chi connectivity index (χ0v) is 7.53. The minimum Gasteiger partial charge on any atom is -0.319 e. The number of anilines is 1. The second-order valence-electron chi connectivity index (χ2n) is 3.77. The van der Waals surface area contributed by atoms with Gasteiger partial charge in [-0.2, -0.15) is 4.98 Å². The maximum absolute atomic E-state index is 5.14. The van der Waals surface area contributed by atoms with Crippen molar-refractivity contribution in [2.45, 2.75) is 25.4 Å². The van der Waals surface area contributed by atoms with Crippen molar-refractivity contribution in [1.29, 1.82) is 0 Å². The number of nitrogens with zero attached hydrogens (tertiary/aromatic N) is 3. The molecule has 3 heterocycles. The number of aromatic nitrogens is 2. The summed E-state index contributed by atoms with van der Waals surface area (Å²) in [5.41, 5.74) is 0. The van der Waals surface area contributed by atoms with Gasteiger partial charge in [-0.05, 0) is 13.3 Å². The predicted molar refractivity (Wildman–Crippen MR) is 46.6 cm³/mol. The molecular formula is C8H12N4O. The van der Waals surface area contributed by atoms with Crippen LogP contribution in [0.15, 0.2) is 4.52 Å². The normalized spacial score (nSPS) is 31.6. The van der Waals surface area contributed by atoms with Gasteiger partial charge in [-0.3, -0.25) is 0 Å². The van der Waals surface area contributed by atoms with Gasteiger partial charge in [-0.15, -0.1) is 0 Å². The molecule has 2 aliphatic heterocycles. The van der Waals surface area contributed by atoms with Gasteiger partial charge in [-0.25, -0.2) is 0 Å². The summed E-state index contributed by atoms with van der Waals surface area (Å²) in [5, 5.41) is 7.23. The molecule has 2 atom stereocenters. The van der Waals surface area contributed by atoms with Crippen molar-refractivity contribution in [2.24, 2.45) is 0 Å². The van der Waals surface area contributed by atoms with Crippen LogP contribution in [0.25, 0.3) is 0 Å². The number of hydrogen-bond acceptors (Lipinski definition) is 5. The highest BCUT2D eigenvalue weighted by Crippen LogP contribution is 2.27. The lowest BCUT2D eigenvalue weighted by atomic mass is 10.2. The lowest BCUT2D eigenvalue weighted by molar-refractivity contribution is 0.399. The predicted octanol–water partition coefficient (Wildman–Crippen LogP) is -0.0715. The average Bonchev–Trinajstić information content (AvgIpc) is 2.77. The van der Waals surface area contributed by atoms with Crippen molar-refractivity contribution >= 4 is 6.01 Å². The Balaban J connectivity index is 1.87. The third kappa shape index (κ3) is 1.03. The Hall–Kier alpha value is -1.10. The second-order valence-corrected chi connectivity index (χ2v) is 3.77. The van der Waals surface area contributed by atoms with Gasteiger partial charge in [0.2, 0.25) is 0 Å². The minimum atomic E-state index is 0.560. The topological polar surface area (TPSA) is 54.2 Å². The van der Waals surface area contributed by atoms with E-state index in [1.54, 1.807) is 0 Å². The fourth-order valence-corrected chi connectivity index (χ4v) is 2.20. The number of nitrogens with one attached hydrogen (secondary N) is 1. The Morgan fingerprint density at radius 3 is 3.08 bits per heavy atom. The molecule has 0 aliphatic carbocycles. The SMILES string of the molecule is Cc1noc(N2CC3C[C@@H]2CN3)n1. The number of piperazine rings is 1. The van der Waals surface area contributed by atoms with Crippen LogP contribution in [0.3, 0.4) is 0 Å². The maximum Gasteiger partial charge on any atom is 0.324 e. The summed E-state index contributed by atoms with van der Waals surface area (Å²) in [6.07, 6.45) is 1.21. The van der Waals surface area contributed by atoms with Crippen LogP contribution < -0.4 is 10.2 Å². The van der Waals surface area contributed by atoms with Crippen LogP contribution in [0.5, 0.6) is 0 Å². The third-order valence-corrected chi connectivity index (χ3v) is 2.82. The zero-order chi connectivity index (χ0) is 8.84. The van der Waals surface area contributed by atoms with Gasteiger partial charge < -0.3 is 14.7 Å². The van der Waals surface area contributed by atoms with Gasteiger partial charge in [0, 0.05) is 25.2 Å². The number of rotatable bonds is 1. The van der Waals surface area contributed by atoms with Crippen LogP contribution in [-0.4, -0.2) is 35.3 Å². The first-order chi connectivity index (χ1) is 6.33. The molecule has 1 aromatic rings. The van der Waals surface area contributed by atoms with Crippen LogP contribution in [0, 0.1) is 6.92 Å². The molecule has 1 aromatic heterocycles. The van der Waals surface area contributed by atoms with Crippen LogP contribution in [0.1, 0.15) is 12.2 Å². The molecule has 0 amide bonds. The summed E-state index contributed by atoms with van der Waals surface area (Å²) in [6.45, 7) is 3.90. The highest BCUT2D eigenvalue weighted by molar-refractivity contribution is 5.33. The first kappa shape index (κ1) is 7.32. The van der Waals surface area contributed by atoms with Crippen LogP contribution in [0.2, 0.25) is 0 Å². The molecule has 0 spiro atoms. The van der Waals surface area contributed by atoms with E-state index in [0.717, 1.165) is 13.1 Å². The Morgan fingerprint density at radius 2 is 2.54 bits per heavy atom. The summed E-state index contributed by atoms with van der Waals surface area (Å²) >= 11 is 0. The van der Waals surface area contributed by atoms with Crippen LogP contribution >= 0.6 is 0 Å². The fourth-order valence-electron chi connectivity index (χ4n) is 2.20. The van der Waals surface area contributed by atoms with Crippen molar-refractivity contribution in [3.63, 3.8) is 0 Å². The van der Waals surface area contributed by atoms with Crippen molar-refractivity contribution in [2.75, 3.05) is 18.0 Å². The van der Waals surface area contributed by atoms with Crippen LogP contribution in [0.4, 0.5) is 6.01 Å². The first-order valence-corrected chi connectivity index (χ1v) is 4.63. The van der Waals surface area contributed by atoms with Gasteiger partial charge in [0.05, 0.1) is 0 Å². The highest BCUT2D eigenvalue weighted by Gasteiger charge is 2.39. The molecule has 2 bridgehead atoms. The fraction of sp³-hybridized carbons (Fsp3) is 0.750. The quantitative estimate of drug-likeness (QED) is 0.655. The second kappa shape index (κ2) is 2.45. The molecule has 0 aromatic carbocycles. The van der Waals surface area contributed by atoms with E-state index in [9.17, 15) is 0 Å². The molecule has 1 unspecified atom stereocenters. The van der Waals surface area contributed by atoms with E-state index in [2.05, 4.69) is 20.4 Å². The monoisotopic (exact) mass is 180 g/mol. The number of fused-ring (bicyclic) bond motifs is 2. The molecule has 5 nitrogen and oxygen atoms in total. The molecule has 0 radical (unpaired) electrons. The summed E-state index contributed by atoms with van der Waals surface area (Å²) in [7, 11) is 0. The van der Waals surface area contributed by atoms with E-state index in [1.807, 2.05) is 6.92 Å². The molecule has 5 heteroatoms. The van der Waals surface area contributed by atoms with Gasteiger partial charge >= 0.3 is 6.01 Å². The summed E-state index contributed by atoms with van der Waals surface area (Å²) in [6, 6.07) is 1.87. The zero-order valence-electron chi connectivity index (χ0n) is 7.53. The van der Waals surface area contributed by atoms with Crippen molar-refractivity contribution in [3.8, 4) is 0 Å².